The molecule has 2 N–H and O–H groups in total. The topological polar surface area (TPSA) is 83.4 Å². The minimum absolute atomic E-state index is 0.286. The summed E-state index contributed by atoms with van der Waals surface area (Å²) < 4.78 is 39.2. The van der Waals surface area contributed by atoms with E-state index in [-0.39, 0.29) is 6.04 Å². The number of rotatable bonds is 4. The fourth-order valence-electron chi connectivity index (χ4n) is 3.43. The highest BCUT2D eigenvalue weighted by Crippen LogP contribution is 2.25. The molecule has 0 aliphatic carbocycles. The monoisotopic (exact) mass is 410 g/mol. The number of carboxylic acid groups (broad SMARTS) is 1. The molecule has 1 aliphatic heterocycles. The molecular weight excluding hydrogens is 389 g/mol. The van der Waals surface area contributed by atoms with E-state index in [1.165, 1.54) is 22.2 Å². The van der Waals surface area contributed by atoms with E-state index in [1.54, 1.807) is 7.11 Å². The Kier molecular flexibility index (Phi) is 6.23. The number of H-pyrrole nitrogens is 1. The number of halogens is 3. The second kappa shape index (κ2) is 8.66. The third-order valence-corrected chi connectivity index (χ3v) is 4.63. The lowest BCUT2D eigenvalue weighted by Gasteiger charge is -2.33. The zero-order valence-electron chi connectivity index (χ0n) is 15.7. The molecule has 2 aromatic heterocycles. The second-order valence-electron chi connectivity index (χ2n) is 6.70. The molecule has 3 heterocycles. The van der Waals surface area contributed by atoms with Crippen LogP contribution in [0.1, 0.15) is 17.3 Å². The summed E-state index contributed by atoms with van der Waals surface area (Å²) in [6.45, 7) is 3.53. The fourth-order valence-corrected chi connectivity index (χ4v) is 3.43. The number of benzene rings is 1. The number of carbonyl (C=O) groups is 1. The second-order valence-corrected chi connectivity index (χ2v) is 6.70. The molecule has 29 heavy (non-hydrogen) atoms. The van der Waals surface area contributed by atoms with Crippen LogP contribution in [0.3, 0.4) is 0 Å². The van der Waals surface area contributed by atoms with Gasteiger partial charge < -0.3 is 14.8 Å². The Balaban J connectivity index is 0.000000298. The standard InChI is InChI=1S/C17H20N4O.C2HF3O2/c1-22-12-15-11-20(10-14-5-8-19-21(14)15)9-13-3-2-4-17-16(13)6-7-18-17;3-2(4,5)1(6)7/h2-8,15,18H,9-12H2,1H3;(H,6,7). The summed E-state index contributed by atoms with van der Waals surface area (Å²) in [6, 6.07) is 11.0. The molecule has 1 aromatic carbocycles. The van der Waals surface area contributed by atoms with E-state index in [2.05, 4.69) is 50.0 Å². The highest BCUT2D eigenvalue weighted by Gasteiger charge is 2.38. The van der Waals surface area contributed by atoms with Crippen molar-refractivity contribution in [1.29, 1.82) is 0 Å². The Morgan fingerprint density at radius 1 is 1.34 bits per heavy atom. The molecule has 0 saturated carbocycles. The van der Waals surface area contributed by atoms with Gasteiger partial charge in [0.1, 0.15) is 0 Å². The maximum atomic E-state index is 10.6. The molecule has 1 aliphatic rings. The highest BCUT2D eigenvalue weighted by atomic mass is 19.4. The van der Waals surface area contributed by atoms with Crippen molar-refractivity contribution in [3.8, 4) is 0 Å². The molecule has 0 fully saturated rings. The summed E-state index contributed by atoms with van der Waals surface area (Å²) in [4.78, 5) is 14.7. The van der Waals surface area contributed by atoms with E-state index < -0.39 is 12.1 Å². The molecule has 0 bridgehead atoms. The Labute approximate surface area is 164 Å². The fraction of sp³-hybridized carbons (Fsp3) is 0.368. The smallest absolute Gasteiger partial charge is 0.475 e. The molecule has 156 valence electrons. The van der Waals surface area contributed by atoms with E-state index in [0.29, 0.717) is 6.61 Å². The van der Waals surface area contributed by atoms with Gasteiger partial charge in [-0.1, -0.05) is 12.1 Å². The van der Waals surface area contributed by atoms with Crippen LogP contribution in [0.2, 0.25) is 0 Å². The van der Waals surface area contributed by atoms with Crippen molar-refractivity contribution in [3.63, 3.8) is 0 Å². The maximum Gasteiger partial charge on any atom is 0.490 e. The number of aromatic amines is 1. The number of hydrogen-bond donors (Lipinski definition) is 2. The van der Waals surface area contributed by atoms with Crippen molar-refractivity contribution < 1.29 is 27.8 Å². The first-order valence-corrected chi connectivity index (χ1v) is 8.88. The highest BCUT2D eigenvalue weighted by molar-refractivity contribution is 5.82. The Bertz CT molecular complexity index is 967. The van der Waals surface area contributed by atoms with Gasteiger partial charge in [-0.05, 0) is 23.8 Å². The van der Waals surface area contributed by atoms with Gasteiger partial charge in [0.2, 0.25) is 0 Å². The number of ether oxygens (including phenoxy) is 1. The molecule has 0 saturated heterocycles. The van der Waals surface area contributed by atoms with Crippen molar-refractivity contribution >= 4 is 16.9 Å². The predicted molar refractivity (Wildman–Crippen MR) is 99.2 cm³/mol. The van der Waals surface area contributed by atoms with Gasteiger partial charge in [-0.25, -0.2) is 4.79 Å². The molecule has 1 atom stereocenters. The van der Waals surface area contributed by atoms with Gasteiger partial charge in [0.25, 0.3) is 0 Å². The van der Waals surface area contributed by atoms with Crippen LogP contribution in [0.5, 0.6) is 0 Å². The number of aliphatic carboxylic acids is 1. The van der Waals surface area contributed by atoms with Gasteiger partial charge in [-0.15, -0.1) is 0 Å². The molecule has 3 aromatic rings. The van der Waals surface area contributed by atoms with Crippen LogP contribution < -0.4 is 0 Å². The van der Waals surface area contributed by atoms with Crippen LogP contribution in [-0.2, 0) is 22.6 Å². The number of fused-ring (bicyclic) bond motifs is 2. The predicted octanol–water partition coefficient (Wildman–Crippen LogP) is 3.20. The molecular formula is C19H21F3N4O3. The Hall–Kier alpha value is -2.85. The van der Waals surface area contributed by atoms with Gasteiger partial charge in [0, 0.05) is 50.0 Å². The minimum atomic E-state index is -5.08. The van der Waals surface area contributed by atoms with Crippen molar-refractivity contribution in [3.05, 3.63) is 54.0 Å². The summed E-state index contributed by atoms with van der Waals surface area (Å²) in [6.07, 6.45) is -1.19. The van der Waals surface area contributed by atoms with E-state index >= 15 is 0 Å². The van der Waals surface area contributed by atoms with Crippen molar-refractivity contribution in [1.82, 2.24) is 19.7 Å². The number of nitrogens with one attached hydrogen (secondary N) is 1. The van der Waals surface area contributed by atoms with E-state index in [4.69, 9.17) is 14.6 Å². The third-order valence-electron chi connectivity index (χ3n) is 4.63. The maximum absolute atomic E-state index is 10.6. The number of nitrogens with zero attached hydrogens (tertiary/aromatic N) is 3. The zero-order valence-corrected chi connectivity index (χ0v) is 15.7. The first-order valence-electron chi connectivity index (χ1n) is 8.88. The van der Waals surface area contributed by atoms with Crippen LogP contribution in [0, 0.1) is 0 Å². The third kappa shape index (κ3) is 4.96. The van der Waals surface area contributed by atoms with Gasteiger partial charge in [0.05, 0.1) is 18.3 Å². The van der Waals surface area contributed by atoms with Crippen LogP contribution >= 0.6 is 0 Å². The number of methoxy groups -OCH3 is 1. The zero-order chi connectivity index (χ0) is 21.0. The van der Waals surface area contributed by atoms with Gasteiger partial charge in [-0.2, -0.15) is 18.3 Å². The van der Waals surface area contributed by atoms with Crippen molar-refractivity contribution in [2.24, 2.45) is 0 Å². The summed E-state index contributed by atoms with van der Waals surface area (Å²) in [5, 5.41) is 12.9. The van der Waals surface area contributed by atoms with Crippen LogP contribution in [-0.4, -0.2) is 57.2 Å². The first-order chi connectivity index (χ1) is 13.8. The molecule has 7 nitrogen and oxygen atoms in total. The first kappa shape index (κ1) is 20.9. The van der Waals surface area contributed by atoms with E-state index in [0.717, 1.165) is 19.6 Å². The Morgan fingerprint density at radius 3 is 2.79 bits per heavy atom. The molecule has 0 amide bonds. The lowest BCUT2D eigenvalue weighted by molar-refractivity contribution is -0.192. The van der Waals surface area contributed by atoms with E-state index in [1.807, 2.05) is 12.4 Å². The average Bonchev–Trinajstić information content (AvgIpc) is 3.31. The number of carboxylic acids is 1. The summed E-state index contributed by atoms with van der Waals surface area (Å²) in [7, 11) is 1.75. The molecule has 1 unspecified atom stereocenters. The molecule has 10 heteroatoms. The SMILES string of the molecule is COCC1CN(Cc2cccc3[nH]ccc23)Cc2ccnn21.O=C(O)C(F)(F)F. The largest absolute Gasteiger partial charge is 0.490 e. The summed E-state index contributed by atoms with van der Waals surface area (Å²) >= 11 is 0. The summed E-state index contributed by atoms with van der Waals surface area (Å²) in [5.41, 5.74) is 3.82. The normalized spacial score (nSPS) is 16.9. The van der Waals surface area contributed by atoms with Crippen LogP contribution in [0.25, 0.3) is 10.9 Å². The molecule has 0 radical (unpaired) electrons. The lowest BCUT2D eigenvalue weighted by atomic mass is 10.1. The van der Waals surface area contributed by atoms with Gasteiger partial charge >= 0.3 is 12.1 Å². The van der Waals surface area contributed by atoms with Gasteiger partial charge in [0.15, 0.2) is 0 Å². The van der Waals surface area contributed by atoms with Crippen molar-refractivity contribution in [2.75, 3.05) is 20.3 Å². The average molecular weight is 410 g/mol. The van der Waals surface area contributed by atoms with Gasteiger partial charge in [-0.3, -0.25) is 9.58 Å². The molecule has 0 spiro atoms. The number of alkyl halides is 3. The number of aromatic nitrogens is 3. The quantitative estimate of drug-likeness (QED) is 0.690. The summed E-state index contributed by atoms with van der Waals surface area (Å²) in [5.74, 6) is -2.76. The van der Waals surface area contributed by atoms with E-state index in [9.17, 15) is 13.2 Å². The Morgan fingerprint density at radius 2 is 2.10 bits per heavy atom. The van der Waals surface area contributed by atoms with Crippen molar-refractivity contribution in [2.45, 2.75) is 25.3 Å². The minimum Gasteiger partial charge on any atom is -0.475 e. The van der Waals surface area contributed by atoms with Crippen LogP contribution in [0.15, 0.2) is 42.7 Å². The lowest BCUT2D eigenvalue weighted by Crippen LogP contribution is -2.39. The molecule has 4 rings (SSSR count). The number of hydrogen-bond acceptors (Lipinski definition) is 4. The van der Waals surface area contributed by atoms with Crippen LogP contribution in [0.4, 0.5) is 13.2 Å².